The number of non-ortho nitro benzene ring substituents is 1. The third kappa shape index (κ3) is 2.82. The van der Waals surface area contributed by atoms with Crippen LogP contribution in [0.2, 0.25) is 0 Å². The van der Waals surface area contributed by atoms with Crippen molar-refractivity contribution >= 4 is 27.5 Å². The van der Waals surface area contributed by atoms with Gasteiger partial charge in [0.05, 0.1) is 21.6 Å². The normalized spacial score (nSPS) is 11.2. The highest BCUT2D eigenvalue weighted by Crippen LogP contribution is 2.34. The molecular formula is C23H16N4O2. The molecule has 0 saturated heterocycles. The average Bonchev–Trinajstić information content (AvgIpc) is 3.14. The fraction of sp³-hybridized carbons (Fsp3) is 0.0435. The van der Waals surface area contributed by atoms with E-state index in [0.29, 0.717) is 5.69 Å². The molecule has 2 aromatic heterocycles. The summed E-state index contributed by atoms with van der Waals surface area (Å²) in [5, 5.41) is 18.0. The second-order valence-corrected chi connectivity index (χ2v) is 6.94. The van der Waals surface area contributed by atoms with Crippen molar-refractivity contribution in [1.82, 2.24) is 14.8 Å². The van der Waals surface area contributed by atoms with E-state index in [1.807, 2.05) is 67.7 Å². The molecule has 0 atom stereocenters. The molecule has 6 nitrogen and oxygen atoms in total. The number of benzene rings is 3. The van der Waals surface area contributed by atoms with E-state index in [4.69, 9.17) is 5.10 Å². The van der Waals surface area contributed by atoms with Crippen molar-refractivity contribution in [1.29, 1.82) is 0 Å². The van der Waals surface area contributed by atoms with Crippen molar-refractivity contribution in [3.63, 3.8) is 0 Å². The van der Waals surface area contributed by atoms with Crippen molar-refractivity contribution in [2.24, 2.45) is 0 Å². The molecule has 0 N–H and O–H groups in total. The lowest BCUT2D eigenvalue weighted by atomic mass is 10.1. The second kappa shape index (κ2) is 6.53. The maximum Gasteiger partial charge on any atom is 0.271 e. The Hall–Kier alpha value is -4.06. The first-order valence-corrected chi connectivity index (χ1v) is 9.20. The quantitative estimate of drug-likeness (QED) is 0.308. The summed E-state index contributed by atoms with van der Waals surface area (Å²) in [6, 6.07) is 22.5. The van der Waals surface area contributed by atoms with Gasteiger partial charge in [0, 0.05) is 34.7 Å². The van der Waals surface area contributed by atoms with Crippen molar-refractivity contribution in [2.75, 3.05) is 0 Å². The van der Waals surface area contributed by atoms with E-state index < -0.39 is 4.92 Å². The highest BCUT2D eigenvalue weighted by molar-refractivity contribution is 6.08. The number of nitro groups is 1. The Bertz CT molecular complexity index is 1390. The topological polar surface area (TPSA) is 73.8 Å². The van der Waals surface area contributed by atoms with Gasteiger partial charge in [-0.15, -0.1) is 0 Å². The van der Waals surface area contributed by atoms with E-state index in [0.717, 1.165) is 33.1 Å². The summed E-state index contributed by atoms with van der Waals surface area (Å²) in [5.41, 5.74) is 5.33. The molecule has 0 saturated carbocycles. The van der Waals surface area contributed by atoms with Crippen LogP contribution in [0.4, 0.5) is 5.69 Å². The Morgan fingerprint density at radius 2 is 1.72 bits per heavy atom. The number of para-hydroxylation sites is 1. The zero-order chi connectivity index (χ0) is 20.0. The van der Waals surface area contributed by atoms with Crippen LogP contribution in [0.1, 0.15) is 5.56 Å². The van der Waals surface area contributed by atoms with Crippen LogP contribution in [0.5, 0.6) is 0 Å². The maximum absolute atomic E-state index is 11.3. The van der Waals surface area contributed by atoms with Crippen molar-refractivity contribution in [3.05, 3.63) is 94.7 Å². The molecule has 140 valence electrons. The highest BCUT2D eigenvalue weighted by Gasteiger charge is 2.18. The number of aryl methyl sites for hydroxylation is 1. The van der Waals surface area contributed by atoms with Gasteiger partial charge in [-0.1, -0.05) is 54.1 Å². The molecule has 0 aliphatic heterocycles. The zero-order valence-corrected chi connectivity index (χ0v) is 15.6. The standard InChI is InChI=1S/C23H16N4O2/c1-15-9-11-16(12-10-15)22-20-14-24-21-8-3-2-7-19(21)23(20)26(25-22)17-5-4-6-18(13-17)27(28)29/h2-14H,1H3. The summed E-state index contributed by atoms with van der Waals surface area (Å²) in [4.78, 5) is 15.5. The SMILES string of the molecule is Cc1ccc(-c2nn(-c3cccc([N+](=O)[O-])c3)c3c2cnc2ccccc23)cc1. The van der Waals surface area contributed by atoms with E-state index in [9.17, 15) is 10.1 Å². The van der Waals surface area contributed by atoms with Crippen LogP contribution < -0.4 is 0 Å². The molecule has 0 amide bonds. The predicted molar refractivity (Wildman–Crippen MR) is 113 cm³/mol. The number of hydrogen-bond donors (Lipinski definition) is 0. The van der Waals surface area contributed by atoms with E-state index in [1.54, 1.807) is 16.8 Å². The van der Waals surface area contributed by atoms with Crippen LogP contribution in [0.15, 0.2) is 79.0 Å². The lowest BCUT2D eigenvalue weighted by Crippen LogP contribution is -1.98. The number of aromatic nitrogens is 3. The molecule has 29 heavy (non-hydrogen) atoms. The van der Waals surface area contributed by atoms with Crippen molar-refractivity contribution in [3.8, 4) is 16.9 Å². The average molecular weight is 380 g/mol. The molecule has 0 spiro atoms. The molecule has 0 aliphatic rings. The monoisotopic (exact) mass is 380 g/mol. The highest BCUT2D eigenvalue weighted by atomic mass is 16.6. The van der Waals surface area contributed by atoms with E-state index in [-0.39, 0.29) is 5.69 Å². The third-order valence-corrected chi connectivity index (χ3v) is 5.02. The predicted octanol–water partition coefficient (Wildman–Crippen LogP) is 5.46. The van der Waals surface area contributed by atoms with E-state index in [1.165, 1.54) is 11.6 Å². The van der Waals surface area contributed by atoms with Gasteiger partial charge in [0.2, 0.25) is 0 Å². The summed E-state index contributed by atoms with van der Waals surface area (Å²) < 4.78 is 1.78. The largest absolute Gasteiger partial charge is 0.271 e. The van der Waals surface area contributed by atoms with Gasteiger partial charge in [-0.05, 0) is 19.1 Å². The number of hydrogen-bond acceptors (Lipinski definition) is 4. The Morgan fingerprint density at radius 1 is 0.931 bits per heavy atom. The van der Waals surface area contributed by atoms with Gasteiger partial charge in [-0.25, -0.2) is 4.68 Å². The van der Waals surface area contributed by atoms with Gasteiger partial charge >= 0.3 is 0 Å². The summed E-state index contributed by atoms with van der Waals surface area (Å²) in [5.74, 6) is 0. The van der Waals surface area contributed by atoms with Crippen LogP contribution in [0, 0.1) is 17.0 Å². The summed E-state index contributed by atoms with van der Waals surface area (Å²) in [6.45, 7) is 2.04. The molecule has 0 unspecified atom stereocenters. The minimum absolute atomic E-state index is 0.0291. The Morgan fingerprint density at radius 3 is 2.52 bits per heavy atom. The lowest BCUT2D eigenvalue weighted by Gasteiger charge is -2.05. The number of nitrogens with zero attached hydrogens (tertiary/aromatic N) is 4. The number of rotatable bonds is 3. The van der Waals surface area contributed by atoms with Crippen LogP contribution in [0.25, 0.3) is 38.8 Å². The van der Waals surface area contributed by atoms with E-state index in [2.05, 4.69) is 4.98 Å². The van der Waals surface area contributed by atoms with Crippen molar-refractivity contribution in [2.45, 2.75) is 6.92 Å². The third-order valence-electron chi connectivity index (χ3n) is 5.02. The Balaban J connectivity index is 1.87. The molecular weight excluding hydrogens is 364 g/mol. The first-order chi connectivity index (χ1) is 14.1. The summed E-state index contributed by atoms with van der Waals surface area (Å²) in [6.07, 6.45) is 1.83. The molecule has 5 rings (SSSR count). The van der Waals surface area contributed by atoms with Gasteiger partial charge in [0.15, 0.2) is 0 Å². The first kappa shape index (κ1) is 17.1. The molecule has 0 radical (unpaired) electrons. The Kier molecular flexibility index (Phi) is 3.84. The Labute approximate surface area is 166 Å². The molecule has 2 heterocycles. The lowest BCUT2D eigenvalue weighted by molar-refractivity contribution is -0.384. The summed E-state index contributed by atoms with van der Waals surface area (Å²) in [7, 11) is 0. The van der Waals surface area contributed by atoms with Gasteiger partial charge in [-0.2, -0.15) is 5.10 Å². The zero-order valence-electron chi connectivity index (χ0n) is 15.6. The second-order valence-electron chi connectivity index (χ2n) is 6.94. The molecule has 3 aromatic carbocycles. The van der Waals surface area contributed by atoms with Crippen molar-refractivity contribution < 1.29 is 4.92 Å². The number of nitro benzene ring substituents is 1. The van der Waals surface area contributed by atoms with Gasteiger partial charge in [0.25, 0.3) is 5.69 Å². The van der Waals surface area contributed by atoms with Crippen LogP contribution >= 0.6 is 0 Å². The number of pyridine rings is 1. The molecule has 6 heteroatoms. The van der Waals surface area contributed by atoms with E-state index >= 15 is 0 Å². The molecule has 0 bridgehead atoms. The van der Waals surface area contributed by atoms with Crippen LogP contribution in [-0.4, -0.2) is 19.7 Å². The molecule has 0 aliphatic carbocycles. The first-order valence-electron chi connectivity index (χ1n) is 9.20. The maximum atomic E-state index is 11.3. The van der Waals surface area contributed by atoms with Gasteiger partial charge < -0.3 is 0 Å². The van der Waals surface area contributed by atoms with Crippen LogP contribution in [-0.2, 0) is 0 Å². The minimum Gasteiger partial charge on any atom is -0.258 e. The fourth-order valence-electron chi connectivity index (χ4n) is 3.58. The number of fused-ring (bicyclic) bond motifs is 3. The smallest absolute Gasteiger partial charge is 0.258 e. The van der Waals surface area contributed by atoms with Gasteiger partial charge in [0.1, 0.15) is 5.69 Å². The van der Waals surface area contributed by atoms with Gasteiger partial charge in [-0.3, -0.25) is 15.1 Å². The van der Waals surface area contributed by atoms with Crippen LogP contribution in [0.3, 0.4) is 0 Å². The fourth-order valence-corrected chi connectivity index (χ4v) is 3.58. The summed E-state index contributed by atoms with van der Waals surface area (Å²) >= 11 is 0. The molecule has 0 fully saturated rings. The minimum atomic E-state index is -0.393. The molecule has 5 aromatic rings.